The highest BCUT2D eigenvalue weighted by molar-refractivity contribution is 9.10. The minimum absolute atomic E-state index is 0.0659. The molecular formula is C12H14BrFN2O. The molecule has 0 atom stereocenters. The summed E-state index contributed by atoms with van der Waals surface area (Å²) in [4.78, 5) is 13.9. The van der Waals surface area contributed by atoms with Crippen molar-refractivity contribution in [2.75, 3.05) is 13.1 Å². The van der Waals surface area contributed by atoms with Gasteiger partial charge in [-0.3, -0.25) is 4.79 Å². The second-order valence-electron chi connectivity index (χ2n) is 4.25. The first kappa shape index (κ1) is 12.5. The lowest BCUT2D eigenvalue weighted by molar-refractivity contribution is 0.0714. The van der Waals surface area contributed by atoms with Gasteiger partial charge in [-0.15, -0.1) is 0 Å². The minimum atomic E-state index is -0.353. The summed E-state index contributed by atoms with van der Waals surface area (Å²) < 4.78 is 13.4. The van der Waals surface area contributed by atoms with E-state index in [1.165, 1.54) is 18.2 Å². The van der Waals surface area contributed by atoms with E-state index < -0.39 is 0 Å². The lowest BCUT2D eigenvalue weighted by atomic mass is 10.0. The Bertz CT molecular complexity index is 431. The van der Waals surface area contributed by atoms with Gasteiger partial charge in [-0.1, -0.05) is 0 Å². The molecule has 92 valence electrons. The summed E-state index contributed by atoms with van der Waals surface area (Å²) in [6.45, 7) is 1.34. The van der Waals surface area contributed by atoms with Crippen molar-refractivity contribution >= 4 is 21.8 Å². The topological polar surface area (TPSA) is 46.3 Å². The van der Waals surface area contributed by atoms with Gasteiger partial charge in [0.2, 0.25) is 0 Å². The van der Waals surface area contributed by atoms with Gasteiger partial charge < -0.3 is 10.6 Å². The molecule has 2 N–H and O–H groups in total. The first-order valence-corrected chi connectivity index (χ1v) is 6.37. The van der Waals surface area contributed by atoms with Crippen LogP contribution in [0.25, 0.3) is 0 Å². The molecule has 1 aliphatic rings. The number of amides is 1. The largest absolute Gasteiger partial charge is 0.338 e. The zero-order valence-electron chi connectivity index (χ0n) is 9.33. The maximum atomic E-state index is 12.9. The Kier molecular flexibility index (Phi) is 3.79. The molecule has 0 unspecified atom stereocenters. The first-order valence-electron chi connectivity index (χ1n) is 5.58. The number of nitrogens with zero attached hydrogens (tertiary/aromatic N) is 1. The van der Waals surface area contributed by atoms with Gasteiger partial charge in [0.1, 0.15) is 5.82 Å². The van der Waals surface area contributed by atoms with Crippen LogP contribution in [0.5, 0.6) is 0 Å². The SMILES string of the molecule is NC1CCN(C(=O)c2ccc(F)cc2Br)CC1. The summed E-state index contributed by atoms with van der Waals surface area (Å²) in [5, 5.41) is 0. The van der Waals surface area contributed by atoms with Crippen molar-refractivity contribution in [3.8, 4) is 0 Å². The second-order valence-corrected chi connectivity index (χ2v) is 5.11. The number of nitrogens with two attached hydrogens (primary N) is 1. The van der Waals surface area contributed by atoms with E-state index in [1.807, 2.05) is 0 Å². The highest BCUT2D eigenvalue weighted by Crippen LogP contribution is 2.21. The highest BCUT2D eigenvalue weighted by Gasteiger charge is 2.23. The van der Waals surface area contributed by atoms with Gasteiger partial charge in [0, 0.05) is 23.6 Å². The van der Waals surface area contributed by atoms with E-state index in [9.17, 15) is 9.18 Å². The van der Waals surface area contributed by atoms with Crippen molar-refractivity contribution in [1.29, 1.82) is 0 Å². The number of likely N-dealkylation sites (tertiary alicyclic amines) is 1. The van der Waals surface area contributed by atoms with Gasteiger partial charge in [-0.05, 0) is 47.0 Å². The molecule has 0 aromatic heterocycles. The molecule has 1 saturated heterocycles. The summed E-state index contributed by atoms with van der Waals surface area (Å²) in [6, 6.07) is 4.31. The summed E-state index contributed by atoms with van der Waals surface area (Å²) in [6.07, 6.45) is 1.65. The molecule has 0 aliphatic carbocycles. The number of hydrogen-bond donors (Lipinski definition) is 1. The van der Waals surface area contributed by atoms with Crippen LogP contribution in [0.4, 0.5) is 4.39 Å². The van der Waals surface area contributed by atoms with E-state index in [0.29, 0.717) is 23.1 Å². The molecule has 1 aromatic carbocycles. The smallest absolute Gasteiger partial charge is 0.255 e. The van der Waals surface area contributed by atoms with E-state index in [0.717, 1.165) is 12.8 Å². The molecule has 1 aromatic rings. The summed E-state index contributed by atoms with van der Waals surface area (Å²) in [5.41, 5.74) is 6.29. The number of carbonyl (C=O) groups is 1. The van der Waals surface area contributed by atoms with Crippen LogP contribution in [0.1, 0.15) is 23.2 Å². The maximum Gasteiger partial charge on any atom is 0.255 e. The molecule has 17 heavy (non-hydrogen) atoms. The fourth-order valence-corrected chi connectivity index (χ4v) is 2.46. The van der Waals surface area contributed by atoms with Crippen molar-refractivity contribution in [1.82, 2.24) is 4.90 Å². The van der Waals surface area contributed by atoms with Crippen molar-refractivity contribution in [2.45, 2.75) is 18.9 Å². The molecular weight excluding hydrogens is 287 g/mol. The van der Waals surface area contributed by atoms with Crippen LogP contribution in [0.3, 0.4) is 0 Å². The molecule has 1 aliphatic heterocycles. The van der Waals surface area contributed by atoms with Crippen molar-refractivity contribution < 1.29 is 9.18 Å². The van der Waals surface area contributed by atoms with Gasteiger partial charge in [0.15, 0.2) is 0 Å². The number of halogens is 2. The molecule has 2 rings (SSSR count). The molecule has 1 amide bonds. The number of piperidine rings is 1. The van der Waals surface area contributed by atoms with Crippen LogP contribution in [0.2, 0.25) is 0 Å². The van der Waals surface area contributed by atoms with Crippen molar-refractivity contribution in [2.24, 2.45) is 5.73 Å². The number of hydrogen-bond acceptors (Lipinski definition) is 2. The van der Waals surface area contributed by atoms with Crippen LogP contribution in [0.15, 0.2) is 22.7 Å². The number of carbonyl (C=O) groups excluding carboxylic acids is 1. The van der Waals surface area contributed by atoms with Crippen LogP contribution < -0.4 is 5.73 Å². The van der Waals surface area contributed by atoms with E-state index in [4.69, 9.17) is 5.73 Å². The Morgan fingerprint density at radius 1 is 1.41 bits per heavy atom. The standard InChI is InChI=1S/C12H14BrFN2O/c13-11-7-8(14)1-2-10(11)12(17)16-5-3-9(15)4-6-16/h1-2,7,9H,3-6,15H2. The first-order chi connectivity index (χ1) is 8.08. The third kappa shape index (κ3) is 2.84. The minimum Gasteiger partial charge on any atom is -0.338 e. The summed E-state index contributed by atoms with van der Waals surface area (Å²) in [5.74, 6) is -0.419. The molecule has 0 spiro atoms. The van der Waals surface area contributed by atoms with Crippen LogP contribution in [-0.4, -0.2) is 29.9 Å². The molecule has 0 radical (unpaired) electrons. The molecule has 0 saturated carbocycles. The Balaban J connectivity index is 2.14. The number of rotatable bonds is 1. The normalized spacial score (nSPS) is 17.2. The monoisotopic (exact) mass is 300 g/mol. The maximum absolute atomic E-state index is 12.9. The fourth-order valence-electron chi connectivity index (χ4n) is 1.94. The van der Waals surface area contributed by atoms with Crippen LogP contribution in [-0.2, 0) is 0 Å². The Labute approximate surface area is 108 Å². The Morgan fingerprint density at radius 2 is 2.06 bits per heavy atom. The molecule has 5 heteroatoms. The third-order valence-corrected chi connectivity index (χ3v) is 3.64. The third-order valence-electron chi connectivity index (χ3n) is 2.99. The van der Waals surface area contributed by atoms with Crippen LogP contribution >= 0.6 is 15.9 Å². The van der Waals surface area contributed by atoms with Gasteiger partial charge in [0.05, 0.1) is 5.56 Å². The van der Waals surface area contributed by atoms with Crippen molar-refractivity contribution in [3.63, 3.8) is 0 Å². The van der Waals surface area contributed by atoms with Gasteiger partial charge in [-0.2, -0.15) is 0 Å². The fraction of sp³-hybridized carbons (Fsp3) is 0.417. The van der Waals surface area contributed by atoms with Gasteiger partial charge in [0.25, 0.3) is 5.91 Å². The lowest BCUT2D eigenvalue weighted by Gasteiger charge is -2.30. The number of benzene rings is 1. The molecule has 1 fully saturated rings. The average molecular weight is 301 g/mol. The molecule has 3 nitrogen and oxygen atoms in total. The zero-order valence-corrected chi connectivity index (χ0v) is 10.9. The van der Waals surface area contributed by atoms with E-state index in [-0.39, 0.29) is 17.8 Å². The Hall–Kier alpha value is -0.940. The summed E-state index contributed by atoms with van der Waals surface area (Å²) in [7, 11) is 0. The zero-order chi connectivity index (χ0) is 12.4. The highest BCUT2D eigenvalue weighted by atomic mass is 79.9. The quantitative estimate of drug-likeness (QED) is 0.864. The van der Waals surface area contributed by atoms with E-state index in [2.05, 4.69) is 15.9 Å². The predicted octanol–water partition coefficient (Wildman–Crippen LogP) is 2.15. The second kappa shape index (κ2) is 5.14. The predicted molar refractivity (Wildman–Crippen MR) is 67.2 cm³/mol. The van der Waals surface area contributed by atoms with E-state index in [1.54, 1.807) is 4.90 Å². The lowest BCUT2D eigenvalue weighted by Crippen LogP contribution is -2.42. The summed E-state index contributed by atoms with van der Waals surface area (Å²) >= 11 is 3.21. The van der Waals surface area contributed by atoms with E-state index >= 15 is 0 Å². The Morgan fingerprint density at radius 3 is 2.65 bits per heavy atom. The van der Waals surface area contributed by atoms with Gasteiger partial charge >= 0.3 is 0 Å². The molecule has 0 bridgehead atoms. The van der Waals surface area contributed by atoms with Crippen molar-refractivity contribution in [3.05, 3.63) is 34.1 Å². The average Bonchev–Trinajstić information content (AvgIpc) is 2.29. The molecule has 1 heterocycles. The van der Waals surface area contributed by atoms with Gasteiger partial charge in [-0.25, -0.2) is 4.39 Å². The van der Waals surface area contributed by atoms with Crippen LogP contribution in [0, 0.1) is 5.82 Å².